The second-order valence-electron chi connectivity index (χ2n) is 9.69. The fourth-order valence-corrected chi connectivity index (χ4v) is 5.21. The number of hydrogen-bond donors (Lipinski definition) is 0. The lowest BCUT2D eigenvalue weighted by atomic mass is 10.1. The Hall–Kier alpha value is -3.86. The molecule has 0 aliphatic carbocycles. The third-order valence-corrected chi connectivity index (χ3v) is 7.20. The Balaban J connectivity index is 1.27. The third-order valence-electron chi connectivity index (χ3n) is 7.20. The number of benzene rings is 3. The number of allylic oxidation sites excluding steroid dienone is 1. The molecule has 4 aromatic rings. The van der Waals surface area contributed by atoms with E-state index in [0.29, 0.717) is 19.6 Å². The number of carbonyl (C=O) groups is 1. The van der Waals surface area contributed by atoms with Crippen LogP contribution in [-0.2, 0) is 24.2 Å². The molecule has 3 aromatic carbocycles. The number of hydrogen-bond acceptors (Lipinski definition) is 3. The number of amides is 1. The van der Waals surface area contributed by atoms with Gasteiger partial charge in [0.15, 0.2) is 0 Å². The Morgan fingerprint density at radius 1 is 1.03 bits per heavy atom. The number of carbonyl (C=O) groups excluding carboxylic acids is 1. The van der Waals surface area contributed by atoms with Gasteiger partial charge in [0.2, 0.25) is 5.91 Å². The third kappa shape index (κ3) is 5.46. The Bertz CT molecular complexity index is 1370. The van der Waals surface area contributed by atoms with Crippen molar-refractivity contribution < 1.29 is 9.53 Å². The number of para-hydroxylation sites is 3. The molecule has 1 aliphatic heterocycles. The summed E-state index contributed by atoms with van der Waals surface area (Å²) in [7, 11) is 0. The van der Waals surface area contributed by atoms with Crippen LogP contribution in [0.15, 0.2) is 85.5 Å². The second-order valence-corrected chi connectivity index (χ2v) is 9.69. The van der Waals surface area contributed by atoms with Crippen molar-refractivity contribution in [2.45, 2.75) is 51.5 Å². The molecule has 37 heavy (non-hydrogen) atoms. The number of unbranched alkanes of at least 4 members (excludes halogenated alkanes) is 1. The van der Waals surface area contributed by atoms with Crippen molar-refractivity contribution in [3.05, 3.63) is 102 Å². The molecule has 1 fully saturated rings. The van der Waals surface area contributed by atoms with Gasteiger partial charge in [-0.05, 0) is 67.1 Å². The standard InChI is InChI=1S/C32H35N3O2/c1-3-11-25-12-5-8-15-30(25)37-21-10-9-20-34-29-14-7-6-13-28(29)33-32(34)26-22-31(36)35(23-26)27-18-16-24(4-2)17-19-27/h3,5-8,12-19,26H,1,4,9-11,20-23H2,2H3. The highest BCUT2D eigenvalue weighted by atomic mass is 16.5. The van der Waals surface area contributed by atoms with E-state index in [1.807, 2.05) is 35.2 Å². The molecule has 1 amide bonds. The lowest BCUT2D eigenvalue weighted by Gasteiger charge is -2.18. The maximum atomic E-state index is 13.0. The number of aromatic nitrogens is 2. The lowest BCUT2D eigenvalue weighted by molar-refractivity contribution is -0.117. The minimum Gasteiger partial charge on any atom is -0.493 e. The molecular weight excluding hydrogens is 458 g/mol. The molecule has 1 saturated heterocycles. The van der Waals surface area contributed by atoms with E-state index in [1.165, 1.54) is 11.1 Å². The Morgan fingerprint density at radius 2 is 1.81 bits per heavy atom. The molecule has 0 saturated carbocycles. The first-order valence-electron chi connectivity index (χ1n) is 13.3. The molecule has 2 heterocycles. The number of imidazole rings is 1. The maximum Gasteiger partial charge on any atom is 0.227 e. The largest absolute Gasteiger partial charge is 0.493 e. The van der Waals surface area contributed by atoms with Gasteiger partial charge in [-0.3, -0.25) is 4.79 Å². The van der Waals surface area contributed by atoms with Gasteiger partial charge in [0.05, 0.1) is 17.6 Å². The summed E-state index contributed by atoms with van der Waals surface area (Å²) >= 11 is 0. The van der Waals surface area contributed by atoms with Gasteiger partial charge in [0.25, 0.3) is 0 Å². The number of aryl methyl sites for hydroxylation is 2. The zero-order valence-corrected chi connectivity index (χ0v) is 21.6. The molecule has 190 valence electrons. The Labute approximate surface area is 219 Å². The first-order valence-corrected chi connectivity index (χ1v) is 13.3. The van der Waals surface area contributed by atoms with Gasteiger partial charge in [-0.1, -0.05) is 55.5 Å². The van der Waals surface area contributed by atoms with E-state index in [2.05, 4.69) is 66.6 Å². The van der Waals surface area contributed by atoms with Gasteiger partial charge >= 0.3 is 0 Å². The number of ether oxygens (including phenoxy) is 1. The number of nitrogens with zero attached hydrogens (tertiary/aromatic N) is 3. The van der Waals surface area contributed by atoms with Gasteiger partial charge in [0.1, 0.15) is 11.6 Å². The molecule has 0 N–H and O–H groups in total. The zero-order valence-electron chi connectivity index (χ0n) is 21.6. The number of rotatable bonds is 11. The highest BCUT2D eigenvalue weighted by Gasteiger charge is 2.34. The van der Waals surface area contributed by atoms with Crippen molar-refractivity contribution in [3.63, 3.8) is 0 Å². The molecule has 0 spiro atoms. The predicted octanol–water partition coefficient (Wildman–Crippen LogP) is 6.71. The second kappa shape index (κ2) is 11.5. The lowest BCUT2D eigenvalue weighted by Crippen LogP contribution is -2.24. The van der Waals surface area contributed by atoms with Gasteiger partial charge in [-0.15, -0.1) is 6.58 Å². The van der Waals surface area contributed by atoms with Crippen molar-refractivity contribution in [2.75, 3.05) is 18.1 Å². The minimum atomic E-state index is 0.0766. The molecule has 0 radical (unpaired) electrons. The van der Waals surface area contributed by atoms with Crippen molar-refractivity contribution in [1.29, 1.82) is 0 Å². The fraction of sp³-hybridized carbons (Fsp3) is 0.312. The fourth-order valence-electron chi connectivity index (χ4n) is 5.21. The Morgan fingerprint density at radius 3 is 2.62 bits per heavy atom. The predicted molar refractivity (Wildman–Crippen MR) is 150 cm³/mol. The van der Waals surface area contributed by atoms with Gasteiger partial charge in [0, 0.05) is 31.1 Å². The van der Waals surface area contributed by atoms with Crippen LogP contribution >= 0.6 is 0 Å². The van der Waals surface area contributed by atoms with Crippen molar-refractivity contribution in [1.82, 2.24) is 9.55 Å². The van der Waals surface area contributed by atoms with Gasteiger partial charge < -0.3 is 14.2 Å². The normalized spacial score (nSPS) is 15.4. The summed E-state index contributed by atoms with van der Waals surface area (Å²) in [6.07, 6.45) is 6.10. The smallest absolute Gasteiger partial charge is 0.227 e. The minimum absolute atomic E-state index is 0.0766. The van der Waals surface area contributed by atoms with E-state index in [-0.39, 0.29) is 11.8 Å². The van der Waals surface area contributed by atoms with E-state index in [0.717, 1.165) is 60.5 Å². The van der Waals surface area contributed by atoms with Crippen molar-refractivity contribution in [2.24, 2.45) is 0 Å². The molecule has 1 unspecified atom stereocenters. The van der Waals surface area contributed by atoms with Crippen LogP contribution in [0.2, 0.25) is 0 Å². The van der Waals surface area contributed by atoms with Gasteiger partial charge in [-0.25, -0.2) is 4.98 Å². The van der Waals surface area contributed by atoms with Crippen LogP contribution in [0.1, 0.15) is 49.1 Å². The molecule has 1 atom stereocenters. The molecule has 1 aromatic heterocycles. The number of anilines is 1. The summed E-state index contributed by atoms with van der Waals surface area (Å²) in [6.45, 7) is 8.17. The van der Waals surface area contributed by atoms with Gasteiger partial charge in [-0.2, -0.15) is 0 Å². The van der Waals surface area contributed by atoms with Crippen LogP contribution < -0.4 is 9.64 Å². The van der Waals surface area contributed by atoms with E-state index in [9.17, 15) is 4.79 Å². The van der Waals surface area contributed by atoms with Crippen molar-refractivity contribution >= 4 is 22.6 Å². The molecular formula is C32H35N3O2. The average Bonchev–Trinajstić information content (AvgIpc) is 3.50. The van der Waals surface area contributed by atoms with Crippen LogP contribution in [0.4, 0.5) is 5.69 Å². The first-order chi connectivity index (χ1) is 18.2. The summed E-state index contributed by atoms with van der Waals surface area (Å²) in [5, 5.41) is 0. The number of fused-ring (bicyclic) bond motifs is 1. The van der Waals surface area contributed by atoms with E-state index in [4.69, 9.17) is 9.72 Å². The first kappa shape index (κ1) is 24.8. The summed E-state index contributed by atoms with van der Waals surface area (Å²) in [5.74, 6) is 2.19. The zero-order chi connectivity index (χ0) is 25.6. The maximum absolute atomic E-state index is 13.0. The van der Waals surface area contributed by atoms with Crippen molar-refractivity contribution in [3.8, 4) is 5.75 Å². The van der Waals surface area contributed by atoms with Crippen LogP contribution in [0, 0.1) is 0 Å². The molecule has 5 rings (SSSR count). The quantitative estimate of drug-likeness (QED) is 0.172. The van der Waals surface area contributed by atoms with Crippen LogP contribution in [0.3, 0.4) is 0 Å². The summed E-state index contributed by atoms with van der Waals surface area (Å²) in [4.78, 5) is 19.9. The van der Waals surface area contributed by atoms with Crippen LogP contribution in [-0.4, -0.2) is 28.6 Å². The summed E-state index contributed by atoms with van der Waals surface area (Å²) in [6, 6.07) is 24.8. The average molecular weight is 494 g/mol. The van der Waals surface area contributed by atoms with E-state index >= 15 is 0 Å². The molecule has 5 heteroatoms. The monoisotopic (exact) mass is 493 g/mol. The SMILES string of the molecule is C=CCc1ccccc1OCCCCn1c(C2CC(=O)N(c3ccc(CC)cc3)C2)nc2ccccc21. The van der Waals surface area contributed by atoms with E-state index < -0.39 is 0 Å². The molecule has 5 nitrogen and oxygen atoms in total. The van der Waals surface area contributed by atoms with E-state index in [1.54, 1.807) is 0 Å². The highest BCUT2D eigenvalue weighted by molar-refractivity contribution is 5.96. The topological polar surface area (TPSA) is 47.4 Å². The van der Waals surface area contributed by atoms with Crippen LogP contribution in [0.25, 0.3) is 11.0 Å². The highest BCUT2D eigenvalue weighted by Crippen LogP contribution is 2.33. The Kier molecular flexibility index (Phi) is 7.69. The summed E-state index contributed by atoms with van der Waals surface area (Å²) in [5.41, 5.74) is 5.54. The molecule has 0 bridgehead atoms. The van der Waals surface area contributed by atoms with Crippen LogP contribution in [0.5, 0.6) is 5.75 Å². The molecule has 1 aliphatic rings. The summed E-state index contributed by atoms with van der Waals surface area (Å²) < 4.78 is 8.42.